The first-order valence-corrected chi connectivity index (χ1v) is 5.69. The van der Waals surface area contributed by atoms with Gasteiger partial charge in [0, 0.05) is 32.3 Å². The van der Waals surface area contributed by atoms with Gasteiger partial charge >= 0.3 is 0 Å². The number of nitrogens with one attached hydrogen (secondary N) is 1. The maximum Gasteiger partial charge on any atom is 0.264 e. The summed E-state index contributed by atoms with van der Waals surface area (Å²) in [4.78, 5) is 12.6. The Labute approximate surface area is 110 Å². The van der Waals surface area contributed by atoms with Crippen molar-refractivity contribution in [1.29, 1.82) is 0 Å². The largest absolute Gasteiger partial charge is 0.344 e. The molecule has 1 aromatic heterocycles. The number of hydrogen-bond acceptors (Lipinski definition) is 6. The second-order valence-electron chi connectivity index (χ2n) is 4.18. The first kappa shape index (κ1) is 12.9. The van der Waals surface area contributed by atoms with Crippen LogP contribution in [0, 0.1) is 0 Å². The van der Waals surface area contributed by atoms with E-state index in [-0.39, 0.29) is 5.91 Å². The second-order valence-corrected chi connectivity index (χ2v) is 4.18. The maximum atomic E-state index is 10.9. The highest BCUT2D eigenvalue weighted by Crippen LogP contribution is 2.17. The van der Waals surface area contributed by atoms with Gasteiger partial charge in [0.05, 0.1) is 0 Å². The minimum absolute atomic E-state index is 0.109. The number of amides is 1. The van der Waals surface area contributed by atoms with Crippen LogP contribution in [-0.2, 0) is 4.79 Å². The fraction of sp³-hybridized carbons (Fsp3) is 0.250. The fourth-order valence-corrected chi connectivity index (χ4v) is 1.42. The van der Waals surface area contributed by atoms with E-state index >= 15 is 0 Å². The molecule has 0 radical (unpaired) electrons. The highest BCUT2D eigenvalue weighted by molar-refractivity contribution is 5.88. The number of hydrogen-bond donors (Lipinski definition) is 1. The quantitative estimate of drug-likeness (QED) is 0.882. The zero-order chi connectivity index (χ0) is 13.8. The van der Waals surface area contributed by atoms with E-state index in [2.05, 4.69) is 25.7 Å². The Morgan fingerprint density at radius 2 is 1.63 bits per heavy atom. The summed E-state index contributed by atoms with van der Waals surface area (Å²) in [5.74, 6) is 0.793. The number of carbonyl (C=O) groups excluding carboxylic acids is 1. The van der Waals surface area contributed by atoms with E-state index < -0.39 is 0 Å². The van der Waals surface area contributed by atoms with Crippen molar-refractivity contribution < 1.29 is 4.79 Å². The Morgan fingerprint density at radius 3 is 2.11 bits per heavy atom. The van der Waals surface area contributed by atoms with E-state index in [1.807, 2.05) is 14.1 Å². The Bertz CT molecular complexity index is 564. The molecular formula is C12H14N6O. The second kappa shape index (κ2) is 5.38. The number of nitrogens with zero attached hydrogens (tertiary/aromatic N) is 5. The molecule has 1 amide bonds. The van der Waals surface area contributed by atoms with Gasteiger partial charge in [-0.3, -0.25) is 4.79 Å². The zero-order valence-electron chi connectivity index (χ0n) is 11.0. The van der Waals surface area contributed by atoms with Gasteiger partial charge in [-0.05, 0) is 24.3 Å². The van der Waals surface area contributed by atoms with Gasteiger partial charge in [0.25, 0.3) is 5.95 Å². The topological polar surface area (TPSA) is 83.9 Å². The summed E-state index contributed by atoms with van der Waals surface area (Å²) in [6, 6.07) is 7.17. The Kier molecular flexibility index (Phi) is 3.65. The van der Waals surface area contributed by atoms with Gasteiger partial charge in [0.15, 0.2) is 0 Å². The van der Waals surface area contributed by atoms with Gasteiger partial charge in [-0.1, -0.05) is 0 Å². The lowest BCUT2D eigenvalue weighted by molar-refractivity contribution is -0.114. The lowest BCUT2D eigenvalue weighted by atomic mass is 10.2. The van der Waals surface area contributed by atoms with Crippen LogP contribution in [0.4, 0.5) is 11.6 Å². The molecule has 0 aliphatic rings. The molecule has 7 heteroatoms. The number of anilines is 2. The van der Waals surface area contributed by atoms with Crippen molar-refractivity contribution in [2.24, 2.45) is 0 Å². The van der Waals surface area contributed by atoms with Crippen LogP contribution < -0.4 is 10.2 Å². The molecule has 0 aliphatic heterocycles. The van der Waals surface area contributed by atoms with Crippen molar-refractivity contribution in [1.82, 2.24) is 20.4 Å². The van der Waals surface area contributed by atoms with Gasteiger partial charge in [0.2, 0.25) is 11.7 Å². The number of carbonyl (C=O) groups is 1. The average Bonchev–Trinajstić information content (AvgIpc) is 2.39. The summed E-state index contributed by atoms with van der Waals surface area (Å²) in [5.41, 5.74) is 1.52. The highest BCUT2D eigenvalue weighted by atomic mass is 16.1. The van der Waals surface area contributed by atoms with E-state index in [9.17, 15) is 4.79 Å². The SMILES string of the molecule is CC(=O)Nc1ccc(-c2nnc(N(C)C)nn2)cc1. The standard InChI is InChI=1S/C12H14N6O/c1-8(19)13-10-6-4-9(5-7-10)11-14-16-12(17-15-11)18(2)3/h4-7H,1-3H3,(H,13,19). The predicted octanol–water partition coefficient (Wildman–Crippen LogP) is 0.958. The molecule has 0 fully saturated rings. The van der Waals surface area contributed by atoms with Crippen molar-refractivity contribution in [3.63, 3.8) is 0 Å². The third kappa shape index (κ3) is 3.21. The molecule has 0 unspecified atom stereocenters. The van der Waals surface area contributed by atoms with Crippen LogP contribution in [0.3, 0.4) is 0 Å². The minimum atomic E-state index is -0.109. The lowest BCUT2D eigenvalue weighted by Gasteiger charge is -2.07. The average molecular weight is 258 g/mol. The summed E-state index contributed by atoms with van der Waals surface area (Å²) in [7, 11) is 3.64. The van der Waals surface area contributed by atoms with Crippen LogP contribution in [0.25, 0.3) is 11.4 Å². The fourth-order valence-electron chi connectivity index (χ4n) is 1.42. The molecular weight excluding hydrogens is 244 g/mol. The van der Waals surface area contributed by atoms with Crippen LogP contribution in [0.2, 0.25) is 0 Å². The minimum Gasteiger partial charge on any atom is -0.344 e. The van der Waals surface area contributed by atoms with E-state index in [4.69, 9.17) is 0 Å². The van der Waals surface area contributed by atoms with Gasteiger partial charge in [-0.15, -0.1) is 20.4 Å². The smallest absolute Gasteiger partial charge is 0.264 e. The van der Waals surface area contributed by atoms with Gasteiger partial charge in [0.1, 0.15) is 0 Å². The highest BCUT2D eigenvalue weighted by Gasteiger charge is 2.05. The molecule has 0 aliphatic carbocycles. The molecule has 0 saturated heterocycles. The monoisotopic (exact) mass is 258 g/mol. The van der Waals surface area contributed by atoms with Gasteiger partial charge in [-0.2, -0.15) is 0 Å². The van der Waals surface area contributed by atoms with Crippen molar-refractivity contribution in [2.45, 2.75) is 6.92 Å². The molecule has 2 rings (SSSR count). The van der Waals surface area contributed by atoms with Crippen LogP contribution in [0.1, 0.15) is 6.92 Å². The summed E-state index contributed by atoms with van der Waals surface area (Å²) >= 11 is 0. The first-order valence-electron chi connectivity index (χ1n) is 5.69. The number of rotatable bonds is 3. The van der Waals surface area contributed by atoms with E-state index in [0.717, 1.165) is 11.3 Å². The number of aromatic nitrogens is 4. The zero-order valence-corrected chi connectivity index (χ0v) is 11.0. The van der Waals surface area contributed by atoms with Gasteiger partial charge in [-0.25, -0.2) is 0 Å². The molecule has 0 atom stereocenters. The van der Waals surface area contributed by atoms with Crippen molar-refractivity contribution in [3.05, 3.63) is 24.3 Å². The molecule has 1 N–H and O–H groups in total. The molecule has 0 saturated carbocycles. The number of benzene rings is 1. The Hall–Kier alpha value is -2.57. The summed E-state index contributed by atoms with van der Waals surface area (Å²) in [6.07, 6.45) is 0. The first-order chi connectivity index (χ1) is 9.06. The van der Waals surface area contributed by atoms with E-state index in [1.165, 1.54) is 6.92 Å². The van der Waals surface area contributed by atoms with Crippen molar-refractivity contribution in [3.8, 4) is 11.4 Å². The molecule has 0 spiro atoms. The third-order valence-electron chi connectivity index (χ3n) is 2.33. The van der Waals surface area contributed by atoms with Crippen LogP contribution in [0.15, 0.2) is 24.3 Å². The molecule has 0 bridgehead atoms. The molecule has 19 heavy (non-hydrogen) atoms. The maximum absolute atomic E-state index is 10.9. The molecule has 2 aromatic rings. The van der Waals surface area contributed by atoms with E-state index in [1.54, 1.807) is 29.2 Å². The summed E-state index contributed by atoms with van der Waals surface area (Å²) in [6.45, 7) is 1.46. The van der Waals surface area contributed by atoms with Gasteiger partial charge < -0.3 is 10.2 Å². The normalized spacial score (nSPS) is 10.1. The van der Waals surface area contributed by atoms with Crippen LogP contribution in [-0.4, -0.2) is 40.4 Å². The molecule has 98 valence electrons. The summed E-state index contributed by atoms with van der Waals surface area (Å²) in [5, 5.41) is 18.6. The molecule has 1 heterocycles. The van der Waals surface area contributed by atoms with Crippen LogP contribution >= 0.6 is 0 Å². The van der Waals surface area contributed by atoms with Crippen molar-refractivity contribution >= 4 is 17.5 Å². The van der Waals surface area contributed by atoms with Crippen LogP contribution in [0.5, 0.6) is 0 Å². The predicted molar refractivity (Wildman–Crippen MR) is 71.7 cm³/mol. The lowest BCUT2D eigenvalue weighted by Crippen LogP contribution is -2.14. The van der Waals surface area contributed by atoms with Crippen molar-refractivity contribution in [2.75, 3.05) is 24.3 Å². The Morgan fingerprint density at radius 1 is 1.05 bits per heavy atom. The molecule has 7 nitrogen and oxygen atoms in total. The third-order valence-corrected chi connectivity index (χ3v) is 2.33. The molecule has 1 aromatic carbocycles. The van der Waals surface area contributed by atoms with E-state index in [0.29, 0.717) is 11.8 Å². The summed E-state index contributed by atoms with van der Waals surface area (Å²) < 4.78 is 0. The Balaban J connectivity index is 2.19.